The second-order valence-corrected chi connectivity index (χ2v) is 4.38. The molecule has 15 heavy (non-hydrogen) atoms. The standard InChI is InChI=1S/C9H7Cl2NO2S/c1-6(12(13)14)5-15-9-7(10)3-2-4-8(9)11/h2-5H,1H3. The first-order chi connectivity index (χ1) is 7.02. The van der Waals surface area contributed by atoms with Crippen molar-refractivity contribution in [1.82, 2.24) is 0 Å². The molecule has 0 aliphatic carbocycles. The van der Waals surface area contributed by atoms with Crippen molar-refractivity contribution >= 4 is 35.0 Å². The lowest BCUT2D eigenvalue weighted by Crippen LogP contribution is -1.91. The Morgan fingerprint density at radius 3 is 2.47 bits per heavy atom. The summed E-state index contributed by atoms with van der Waals surface area (Å²) in [6.45, 7) is 1.41. The van der Waals surface area contributed by atoms with E-state index in [1.807, 2.05) is 0 Å². The van der Waals surface area contributed by atoms with Crippen LogP contribution < -0.4 is 0 Å². The number of allylic oxidation sites excluding steroid dienone is 1. The van der Waals surface area contributed by atoms with Crippen LogP contribution in [-0.4, -0.2) is 4.92 Å². The summed E-state index contributed by atoms with van der Waals surface area (Å²) in [6, 6.07) is 5.09. The highest BCUT2D eigenvalue weighted by Gasteiger charge is 2.07. The van der Waals surface area contributed by atoms with Crippen molar-refractivity contribution in [2.24, 2.45) is 0 Å². The SMILES string of the molecule is CC(=CSc1c(Cl)cccc1Cl)[N+](=O)[O-]. The van der Waals surface area contributed by atoms with Gasteiger partial charge in [-0.1, -0.05) is 41.0 Å². The lowest BCUT2D eigenvalue weighted by Gasteiger charge is -2.01. The van der Waals surface area contributed by atoms with Gasteiger partial charge >= 0.3 is 0 Å². The Bertz CT molecular complexity index is 400. The van der Waals surface area contributed by atoms with E-state index in [4.69, 9.17) is 23.2 Å². The van der Waals surface area contributed by atoms with Gasteiger partial charge in [-0.3, -0.25) is 10.1 Å². The van der Waals surface area contributed by atoms with Crippen LogP contribution in [0.2, 0.25) is 10.0 Å². The van der Waals surface area contributed by atoms with Crippen molar-refractivity contribution in [3.8, 4) is 0 Å². The summed E-state index contributed by atoms with van der Waals surface area (Å²) in [5.41, 5.74) is 0.0518. The maximum atomic E-state index is 10.3. The minimum atomic E-state index is -0.461. The van der Waals surface area contributed by atoms with Crippen LogP contribution in [0.15, 0.2) is 34.2 Å². The molecule has 0 saturated heterocycles. The van der Waals surface area contributed by atoms with Crippen molar-refractivity contribution in [2.75, 3.05) is 0 Å². The molecular formula is C9H7Cl2NO2S. The zero-order chi connectivity index (χ0) is 11.4. The van der Waals surface area contributed by atoms with Crippen molar-refractivity contribution < 1.29 is 4.92 Å². The lowest BCUT2D eigenvalue weighted by atomic mass is 10.4. The summed E-state index contributed by atoms with van der Waals surface area (Å²) >= 11 is 12.9. The van der Waals surface area contributed by atoms with Crippen molar-refractivity contribution in [3.05, 3.63) is 49.5 Å². The van der Waals surface area contributed by atoms with Crippen molar-refractivity contribution in [2.45, 2.75) is 11.8 Å². The van der Waals surface area contributed by atoms with Gasteiger partial charge < -0.3 is 0 Å². The number of thioether (sulfide) groups is 1. The number of benzene rings is 1. The summed E-state index contributed by atoms with van der Waals surface area (Å²) in [4.78, 5) is 10.5. The smallest absolute Gasteiger partial charge is 0.249 e. The Morgan fingerprint density at radius 1 is 1.47 bits per heavy atom. The number of hydrogen-bond donors (Lipinski definition) is 0. The third-order valence-corrected chi connectivity index (χ3v) is 3.54. The molecule has 0 aliphatic heterocycles. The van der Waals surface area contributed by atoms with Crippen LogP contribution in [0.4, 0.5) is 0 Å². The van der Waals surface area contributed by atoms with Crippen LogP contribution in [0.1, 0.15) is 6.92 Å². The van der Waals surface area contributed by atoms with Gasteiger partial charge in [-0.25, -0.2) is 0 Å². The molecule has 0 spiro atoms. The zero-order valence-electron chi connectivity index (χ0n) is 7.74. The van der Waals surface area contributed by atoms with E-state index in [0.717, 1.165) is 11.8 Å². The summed E-state index contributed by atoms with van der Waals surface area (Å²) in [7, 11) is 0. The molecule has 80 valence electrons. The number of rotatable bonds is 3. The molecule has 1 rings (SSSR count). The average molecular weight is 264 g/mol. The van der Waals surface area contributed by atoms with Crippen LogP contribution in [0.5, 0.6) is 0 Å². The van der Waals surface area contributed by atoms with Gasteiger partial charge in [-0.2, -0.15) is 0 Å². The fraction of sp³-hybridized carbons (Fsp3) is 0.111. The fourth-order valence-electron chi connectivity index (χ4n) is 0.782. The Labute approximate surface area is 101 Å². The third kappa shape index (κ3) is 3.41. The number of nitro groups is 1. The predicted molar refractivity (Wildman–Crippen MR) is 63.1 cm³/mol. The molecule has 0 radical (unpaired) electrons. The van der Waals surface area contributed by atoms with E-state index in [1.54, 1.807) is 18.2 Å². The van der Waals surface area contributed by atoms with Gasteiger partial charge in [0.25, 0.3) is 0 Å². The molecule has 0 aromatic heterocycles. The van der Waals surface area contributed by atoms with E-state index in [2.05, 4.69) is 0 Å². The zero-order valence-corrected chi connectivity index (χ0v) is 10.1. The molecule has 0 fully saturated rings. The lowest BCUT2D eigenvalue weighted by molar-refractivity contribution is -0.424. The molecule has 0 bridgehead atoms. The molecule has 6 heteroatoms. The Hall–Kier alpha value is -0.710. The van der Waals surface area contributed by atoms with E-state index >= 15 is 0 Å². The molecule has 0 aliphatic rings. The van der Waals surface area contributed by atoms with Crippen molar-refractivity contribution in [1.29, 1.82) is 0 Å². The second-order valence-electron chi connectivity index (χ2n) is 2.68. The molecule has 0 unspecified atom stereocenters. The summed E-state index contributed by atoms with van der Waals surface area (Å²) in [5, 5.41) is 12.7. The summed E-state index contributed by atoms with van der Waals surface area (Å²) in [6.07, 6.45) is 0. The van der Waals surface area contributed by atoms with Crippen LogP contribution >= 0.6 is 35.0 Å². The third-order valence-electron chi connectivity index (χ3n) is 1.55. The van der Waals surface area contributed by atoms with Gasteiger partial charge in [0, 0.05) is 17.2 Å². The van der Waals surface area contributed by atoms with E-state index in [0.29, 0.717) is 14.9 Å². The molecule has 0 amide bonds. The molecule has 3 nitrogen and oxygen atoms in total. The number of nitrogens with zero attached hydrogens (tertiary/aromatic N) is 1. The highest BCUT2D eigenvalue weighted by molar-refractivity contribution is 8.02. The van der Waals surface area contributed by atoms with Crippen LogP contribution in [0.25, 0.3) is 0 Å². The van der Waals surface area contributed by atoms with E-state index in [1.165, 1.54) is 12.3 Å². The minimum absolute atomic E-state index is 0.0518. The monoisotopic (exact) mass is 263 g/mol. The number of hydrogen-bond acceptors (Lipinski definition) is 3. The molecule has 0 heterocycles. The van der Waals surface area contributed by atoms with Crippen molar-refractivity contribution in [3.63, 3.8) is 0 Å². The minimum Gasteiger partial charge on any atom is -0.259 e. The van der Waals surface area contributed by atoms with E-state index in [9.17, 15) is 10.1 Å². The molecule has 0 saturated carbocycles. The van der Waals surface area contributed by atoms with Gasteiger partial charge in [0.05, 0.1) is 15.0 Å². The normalized spacial score (nSPS) is 11.5. The Balaban J connectivity index is 2.91. The molecule has 1 aromatic carbocycles. The molecular weight excluding hydrogens is 257 g/mol. The first-order valence-electron chi connectivity index (χ1n) is 3.94. The average Bonchev–Trinajstić information content (AvgIpc) is 2.16. The maximum absolute atomic E-state index is 10.3. The molecule has 0 N–H and O–H groups in total. The topological polar surface area (TPSA) is 43.1 Å². The first kappa shape index (κ1) is 12.4. The van der Waals surface area contributed by atoms with Crippen LogP contribution in [0, 0.1) is 10.1 Å². The molecule has 0 atom stereocenters. The van der Waals surface area contributed by atoms with Gasteiger partial charge in [0.15, 0.2) is 0 Å². The largest absolute Gasteiger partial charge is 0.259 e. The molecule has 1 aromatic rings. The summed E-state index contributed by atoms with van der Waals surface area (Å²) in [5.74, 6) is 0. The van der Waals surface area contributed by atoms with Gasteiger partial charge in [-0.15, -0.1) is 0 Å². The summed E-state index contributed by atoms with van der Waals surface area (Å²) < 4.78 is 0. The predicted octanol–water partition coefficient (Wildman–Crippen LogP) is 4.22. The quantitative estimate of drug-likeness (QED) is 0.466. The fourth-order valence-corrected chi connectivity index (χ4v) is 2.18. The highest BCUT2D eigenvalue weighted by atomic mass is 35.5. The van der Waals surface area contributed by atoms with E-state index < -0.39 is 4.92 Å². The Morgan fingerprint density at radius 2 is 2.00 bits per heavy atom. The van der Waals surface area contributed by atoms with Crippen LogP contribution in [0.3, 0.4) is 0 Å². The first-order valence-corrected chi connectivity index (χ1v) is 5.57. The van der Waals surface area contributed by atoms with E-state index in [-0.39, 0.29) is 5.70 Å². The maximum Gasteiger partial charge on any atom is 0.249 e. The Kier molecular flexibility index (Phi) is 4.45. The second kappa shape index (κ2) is 5.39. The van der Waals surface area contributed by atoms with Gasteiger partial charge in [-0.05, 0) is 12.1 Å². The highest BCUT2D eigenvalue weighted by Crippen LogP contribution is 2.34. The van der Waals surface area contributed by atoms with Gasteiger partial charge in [0.1, 0.15) is 0 Å². The number of halogens is 2. The van der Waals surface area contributed by atoms with Gasteiger partial charge in [0.2, 0.25) is 5.70 Å². The van der Waals surface area contributed by atoms with Crippen LogP contribution in [-0.2, 0) is 0 Å².